The monoisotopic (exact) mass is 434 g/mol. The molecular weight excluding hydrogens is 408 g/mol. The lowest BCUT2D eigenvalue weighted by Crippen LogP contribution is -2.59. The molecule has 5 N–H and O–H groups in total. The van der Waals surface area contributed by atoms with E-state index in [0.717, 1.165) is 4.90 Å². The van der Waals surface area contributed by atoms with Crippen molar-refractivity contribution in [2.75, 3.05) is 4.90 Å². The number of anilines is 1. The molecule has 2 aromatic rings. The highest BCUT2D eigenvalue weighted by Crippen LogP contribution is 2.52. The summed E-state index contributed by atoms with van der Waals surface area (Å²) in [6, 6.07) is 14.7. The maximum Gasteiger partial charge on any atom is 0.325 e. The Labute approximate surface area is 185 Å². The van der Waals surface area contributed by atoms with Crippen LogP contribution in [0.4, 0.5) is 5.69 Å². The van der Waals surface area contributed by atoms with Crippen molar-refractivity contribution in [1.29, 1.82) is 5.41 Å². The van der Waals surface area contributed by atoms with Crippen LogP contribution in [-0.2, 0) is 14.4 Å². The Morgan fingerprint density at radius 2 is 1.78 bits per heavy atom. The van der Waals surface area contributed by atoms with Gasteiger partial charge in [0.25, 0.3) is 0 Å². The summed E-state index contributed by atoms with van der Waals surface area (Å²) in [6.07, 6.45) is 0.519. The van der Waals surface area contributed by atoms with Crippen LogP contribution in [0, 0.1) is 23.2 Å². The summed E-state index contributed by atoms with van der Waals surface area (Å²) in [5, 5.41) is 21.2. The molecule has 2 saturated heterocycles. The number of nitrogens with two attached hydrogens (primary N) is 1. The number of benzene rings is 2. The summed E-state index contributed by atoms with van der Waals surface area (Å²) in [7, 11) is 0. The highest BCUT2D eigenvalue weighted by Gasteiger charge is 2.70. The van der Waals surface area contributed by atoms with Crippen LogP contribution in [0.1, 0.15) is 37.4 Å². The maximum atomic E-state index is 13.6. The first-order valence-corrected chi connectivity index (χ1v) is 10.6. The number of rotatable bonds is 6. The van der Waals surface area contributed by atoms with E-state index in [-0.39, 0.29) is 5.84 Å². The number of hydrogen-bond donors (Lipinski definition) is 4. The standard InChI is InChI=1S/C24H26N4O4/c1-3-13(2)24(23(31)32)18-17(19(27-24)14-9-11-15(12-10-14)20(25)26)21(29)28(22(18)30)16-7-5-4-6-8-16/h4-13,17-19,27H,3H2,1-2H3,(H3,25,26)(H,31,32). The van der Waals surface area contributed by atoms with Crippen molar-refractivity contribution in [2.24, 2.45) is 23.5 Å². The first-order chi connectivity index (χ1) is 15.2. The number of carbonyl (C=O) groups excluding carboxylic acids is 2. The smallest absolute Gasteiger partial charge is 0.325 e. The van der Waals surface area contributed by atoms with E-state index in [9.17, 15) is 19.5 Å². The van der Waals surface area contributed by atoms with Crippen LogP contribution in [0.15, 0.2) is 54.6 Å². The fourth-order valence-corrected chi connectivity index (χ4v) is 5.11. The van der Waals surface area contributed by atoms with Gasteiger partial charge in [-0.2, -0.15) is 0 Å². The molecule has 0 saturated carbocycles. The van der Waals surface area contributed by atoms with E-state index in [2.05, 4.69) is 5.32 Å². The van der Waals surface area contributed by atoms with Crippen molar-refractivity contribution in [3.05, 3.63) is 65.7 Å². The van der Waals surface area contributed by atoms with Crippen LogP contribution in [0.2, 0.25) is 0 Å². The fourth-order valence-electron chi connectivity index (χ4n) is 5.11. The number of aliphatic carboxylic acids is 1. The van der Waals surface area contributed by atoms with E-state index in [0.29, 0.717) is 23.2 Å². The predicted octanol–water partition coefficient (Wildman–Crippen LogP) is 2.29. The maximum absolute atomic E-state index is 13.6. The van der Waals surface area contributed by atoms with Gasteiger partial charge in [-0.05, 0) is 23.6 Å². The van der Waals surface area contributed by atoms with Gasteiger partial charge in [-0.15, -0.1) is 0 Å². The molecule has 2 aliphatic rings. The van der Waals surface area contributed by atoms with Crippen molar-refractivity contribution in [3.8, 4) is 0 Å². The van der Waals surface area contributed by atoms with E-state index in [1.807, 2.05) is 6.92 Å². The summed E-state index contributed by atoms with van der Waals surface area (Å²) in [5.41, 5.74) is 5.60. The van der Waals surface area contributed by atoms with Crippen LogP contribution in [0.25, 0.3) is 0 Å². The van der Waals surface area contributed by atoms with E-state index in [1.165, 1.54) is 0 Å². The average Bonchev–Trinajstić information content (AvgIpc) is 3.28. The highest BCUT2D eigenvalue weighted by molar-refractivity contribution is 6.24. The molecule has 32 heavy (non-hydrogen) atoms. The minimum Gasteiger partial charge on any atom is -0.480 e. The van der Waals surface area contributed by atoms with Crippen LogP contribution < -0.4 is 16.0 Å². The molecule has 2 amide bonds. The molecule has 0 aromatic heterocycles. The van der Waals surface area contributed by atoms with Gasteiger partial charge in [0.05, 0.1) is 17.5 Å². The molecule has 166 valence electrons. The van der Waals surface area contributed by atoms with E-state index in [1.54, 1.807) is 61.5 Å². The number of amidine groups is 1. The molecule has 8 nitrogen and oxygen atoms in total. The molecule has 2 aromatic carbocycles. The number of carboxylic acids is 1. The molecule has 0 bridgehead atoms. The number of carboxylic acid groups (broad SMARTS) is 1. The number of fused-ring (bicyclic) bond motifs is 1. The van der Waals surface area contributed by atoms with Crippen molar-refractivity contribution in [1.82, 2.24) is 5.32 Å². The van der Waals surface area contributed by atoms with Crippen LogP contribution in [-0.4, -0.2) is 34.3 Å². The van der Waals surface area contributed by atoms with Crippen LogP contribution in [0.3, 0.4) is 0 Å². The minimum absolute atomic E-state index is 0.0873. The Kier molecular flexibility index (Phi) is 5.34. The summed E-state index contributed by atoms with van der Waals surface area (Å²) < 4.78 is 0. The number of amides is 2. The summed E-state index contributed by atoms with van der Waals surface area (Å²) in [4.78, 5) is 41.0. The number of para-hydroxylation sites is 1. The molecule has 0 spiro atoms. The molecular formula is C24H26N4O4. The second-order valence-corrected chi connectivity index (χ2v) is 8.49. The van der Waals surface area contributed by atoms with Gasteiger partial charge >= 0.3 is 5.97 Å². The number of nitrogen functional groups attached to an aromatic ring is 1. The van der Waals surface area contributed by atoms with Gasteiger partial charge in [-0.25, -0.2) is 4.90 Å². The Hall–Kier alpha value is -3.52. The molecule has 4 rings (SSSR count). The van der Waals surface area contributed by atoms with Crippen molar-refractivity contribution in [2.45, 2.75) is 31.8 Å². The third-order valence-electron chi connectivity index (χ3n) is 6.93. The first-order valence-electron chi connectivity index (χ1n) is 10.6. The third kappa shape index (κ3) is 3.02. The number of nitrogens with zero attached hydrogens (tertiary/aromatic N) is 1. The quantitative estimate of drug-likeness (QED) is 0.313. The lowest BCUT2D eigenvalue weighted by atomic mass is 9.72. The Morgan fingerprint density at radius 1 is 1.16 bits per heavy atom. The normalized spacial score (nSPS) is 27.9. The second kappa shape index (κ2) is 7.87. The van der Waals surface area contributed by atoms with Gasteiger partial charge in [0.2, 0.25) is 11.8 Å². The topological polar surface area (TPSA) is 137 Å². The SMILES string of the molecule is CCC(C)C1(C(=O)O)NC(c2ccc(C(=N)N)cc2)C2C(=O)N(c3ccccc3)C(=O)C21. The molecule has 5 unspecified atom stereocenters. The summed E-state index contributed by atoms with van der Waals surface area (Å²) in [6.45, 7) is 3.67. The minimum atomic E-state index is -1.58. The number of imide groups is 1. The predicted molar refractivity (Wildman–Crippen MR) is 119 cm³/mol. The zero-order valence-electron chi connectivity index (χ0n) is 17.9. The first kappa shape index (κ1) is 21.7. The lowest BCUT2D eigenvalue weighted by molar-refractivity contribution is -0.151. The largest absolute Gasteiger partial charge is 0.480 e. The van der Waals surface area contributed by atoms with Gasteiger partial charge in [0.1, 0.15) is 11.4 Å². The van der Waals surface area contributed by atoms with Crippen LogP contribution >= 0.6 is 0 Å². The van der Waals surface area contributed by atoms with Gasteiger partial charge in [-0.3, -0.25) is 25.1 Å². The highest BCUT2D eigenvalue weighted by atomic mass is 16.4. The average molecular weight is 434 g/mol. The molecule has 2 aliphatic heterocycles. The Bertz CT molecular complexity index is 1080. The Morgan fingerprint density at radius 3 is 2.31 bits per heavy atom. The van der Waals surface area contributed by atoms with Crippen molar-refractivity contribution < 1.29 is 19.5 Å². The molecule has 0 radical (unpaired) electrons. The summed E-state index contributed by atoms with van der Waals surface area (Å²) >= 11 is 0. The molecule has 2 heterocycles. The molecule has 0 aliphatic carbocycles. The Balaban J connectivity index is 1.86. The zero-order valence-corrected chi connectivity index (χ0v) is 17.9. The van der Waals surface area contributed by atoms with E-state index in [4.69, 9.17) is 11.1 Å². The van der Waals surface area contributed by atoms with E-state index >= 15 is 0 Å². The van der Waals surface area contributed by atoms with Gasteiger partial charge in [0.15, 0.2) is 0 Å². The zero-order chi connectivity index (χ0) is 23.2. The van der Waals surface area contributed by atoms with Gasteiger partial charge < -0.3 is 10.8 Å². The number of nitrogens with one attached hydrogen (secondary N) is 2. The molecule has 8 heteroatoms. The molecule has 2 fully saturated rings. The van der Waals surface area contributed by atoms with Crippen molar-refractivity contribution in [3.63, 3.8) is 0 Å². The number of carbonyl (C=O) groups is 3. The molecule has 5 atom stereocenters. The fraction of sp³-hybridized carbons (Fsp3) is 0.333. The number of hydrogen-bond acceptors (Lipinski definition) is 5. The lowest BCUT2D eigenvalue weighted by Gasteiger charge is -2.36. The summed E-state index contributed by atoms with van der Waals surface area (Å²) in [5.74, 6) is -4.44. The van der Waals surface area contributed by atoms with E-state index < -0.39 is 47.1 Å². The van der Waals surface area contributed by atoms with Crippen LogP contribution in [0.5, 0.6) is 0 Å². The van der Waals surface area contributed by atoms with Gasteiger partial charge in [-0.1, -0.05) is 62.7 Å². The van der Waals surface area contributed by atoms with Gasteiger partial charge in [0, 0.05) is 11.6 Å². The second-order valence-electron chi connectivity index (χ2n) is 8.49. The third-order valence-corrected chi connectivity index (χ3v) is 6.93. The van der Waals surface area contributed by atoms with Crippen molar-refractivity contribution >= 4 is 29.3 Å².